The Morgan fingerprint density at radius 2 is 1.81 bits per heavy atom. The van der Waals surface area contributed by atoms with Crippen LogP contribution in [0.15, 0.2) is 60.0 Å². The number of benzene rings is 1. The second-order valence-corrected chi connectivity index (χ2v) is 9.02. The lowest BCUT2D eigenvalue weighted by Crippen LogP contribution is -2.38. The Morgan fingerprint density at radius 1 is 1.06 bits per heavy atom. The van der Waals surface area contributed by atoms with Crippen molar-refractivity contribution < 1.29 is 9.59 Å². The smallest absolute Gasteiger partial charge is 0.263 e. The average Bonchev–Trinajstić information content (AvgIpc) is 3.34. The molecule has 160 valence electrons. The molecule has 0 radical (unpaired) electrons. The zero-order valence-corrected chi connectivity index (χ0v) is 18.8. The molecular weight excluding hydrogens is 406 g/mol. The van der Waals surface area contributed by atoms with Gasteiger partial charge >= 0.3 is 0 Å². The van der Waals surface area contributed by atoms with Gasteiger partial charge in [-0.05, 0) is 48.9 Å². The Hall–Kier alpha value is -2.99. The number of rotatable bonds is 5. The van der Waals surface area contributed by atoms with E-state index in [1.165, 1.54) is 11.3 Å². The SMILES string of the molecule is Cc1ccc(C(=O)N(C)Cc2ccccc2)c(C2CCN(C(=O)c3cccs3)CC2)n1. The molecule has 0 unspecified atom stereocenters. The summed E-state index contributed by atoms with van der Waals surface area (Å²) in [6, 6.07) is 17.6. The predicted octanol–water partition coefficient (Wildman–Crippen LogP) is 4.74. The van der Waals surface area contributed by atoms with E-state index in [9.17, 15) is 9.59 Å². The van der Waals surface area contributed by atoms with Crippen LogP contribution in [-0.4, -0.2) is 46.7 Å². The van der Waals surface area contributed by atoms with Gasteiger partial charge in [-0.1, -0.05) is 36.4 Å². The van der Waals surface area contributed by atoms with Gasteiger partial charge in [-0.2, -0.15) is 0 Å². The molecule has 0 atom stereocenters. The van der Waals surface area contributed by atoms with Crippen LogP contribution in [-0.2, 0) is 6.54 Å². The summed E-state index contributed by atoms with van der Waals surface area (Å²) >= 11 is 1.48. The van der Waals surface area contributed by atoms with Crippen LogP contribution < -0.4 is 0 Å². The number of carbonyl (C=O) groups is 2. The second kappa shape index (κ2) is 9.43. The van der Waals surface area contributed by atoms with Crippen molar-refractivity contribution in [3.05, 3.63) is 87.4 Å². The number of aromatic nitrogens is 1. The molecule has 0 saturated carbocycles. The minimum absolute atomic E-state index is 0.0107. The highest BCUT2D eigenvalue weighted by atomic mass is 32.1. The van der Waals surface area contributed by atoms with Crippen LogP contribution >= 0.6 is 11.3 Å². The van der Waals surface area contributed by atoms with Crippen LogP contribution in [0.4, 0.5) is 0 Å². The van der Waals surface area contributed by atoms with Crippen molar-refractivity contribution in [2.75, 3.05) is 20.1 Å². The fourth-order valence-electron chi connectivity index (χ4n) is 4.12. The predicted molar refractivity (Wildman–Crippen MR) is 123 cm³/mol. The standard InChI is InChI=1S/C25H27N3O2S/c1-18-10-11-21(24(29)27(2)17-19-7-4-3-5-8-19)23(26-18)20-12-14-28(15-13-20)25(30)22-9-6-16-31-22/h3-11,16,20H,12-15,17H2,1-2H3. The van der Waals surface area contributed by atoms with Crippen molar-refractivity contribution in [3.63, 3.8) is 0 Å². The molecule has 0 N–H and O–H groups in total. The van der Waals surface area contributed by atoms with E-state index in [-0.39, 0.29) is 17.7 Å². The number of likely N-dealkylation sites (tertiary alicyclic amines) is 1. The molecule has 5 nitrogen and oxygen atoms in total. The summed E-state index contributed by atoms with van der Waals surface area (Å²) in [7, 11) is 1.83. The van der Waals surface area contributed by atoms with Crippen molar-refractivity contribution in [2.45, 2.75) is 32.2 Å². The van der Waals surface area contributed by atoms with Gasteiger partial charge in [0.05, 0.1) is 16.1 Å². The first-order chi connectivity index (χ1) is 15.0. The Kier molecular flexibility index (Phi) is 6.47. The first kappa shape index (κ1) is 21.2. The molecule has 2 aromatic heterocycles. The molecule has 1 fully saturated rings. The molecular formula is C25H27N3O2S. The van der Waals surface area contributed by atoms with E-state index >= 15 is 0 Å². The van der Waals surface area contributed by atoms with E-state index in [4.69, 9.17) is 4.98 Å². The fraction of sp³-hybridized carbons (Fsp3) is 0.320. The van der Waals surface area contributed by atoms with Gasteiger partial charge in [-0.3, -0.25) is 14.6 Å². The summed E-state index contributed by atoms with van der Waals surface area (Å²) < 4.78 is 0. The minimum atomic E-state index is -0.0107. The number of piperidine rings is 1. The van der Waals surface area contributed by atoms with E-state index in [0.29, 0.717) is 25.2 Å². The summed E-state index contributed by atoms with van der Waals surface area (Å²) in [5.41, 5.74) is 3.55. The number of nitrogens with zero attached hydrogens (tertiary/aromatic N) is 3. The van der Waals surface area contributed by atoms with Crippen molar-refractivity contribution in [1.82, 2.24) is 14.8 Å². The number of amides is 2. The molecule has 1 saturated heterocycles. The normalized spacial score (nSPS) is 14.5. The highest BCUT2D eigenvalue weighted by molar-refractivity contribution is 7.12. The van der Waals surface area contributed by atoms with Gasteiger partial charge in [0, 0.05) is 38.3 Å². The highest BCUT2D eigenvalue weighted by Crippen LogP contribution is 2.31. The molecule has 1 aliphatic rings. The number of carbonyl (C=O) groups excluding carboxylic acids is 2. The summed E-state index contributed by atoms with van der Waals surface area (Å²) in [6.45, 7) is 3.89. The minimum Gasteiger partial charge on any atom is -0.338 e. The van der Waals surface area contributed by atoms with E-state index in [0.717, 1.165) is 34.7 Å². The van der Waals surface area contributed by atoms with Crippen molar-refractivity contribution in [1.29, 1.82) is 0 Å². The fourth-order valence-corrected chi connectivity index (χ4v) is 4.81. The van der Waals surface area contributed by atoms with E-state index in [1.54, 1.807) is 4.90 Å². The van der Waals surface area contributed by atoms with Crippen LogP contribution in [0.5, 0.6) is 0 Å². The zero-order valence-electron chi connectivity index (χ0n) is 18.0. The lowest BCUT2D eigenvalue weighted by Gasteiger charge is -2.32. The van der Waals surface area contributed by atoms with Gasteiger partial charge < -0.3 is 9.80 Å². The lowest BCUT2D eigenvalue weighted by molar-refractivity contribution is 0.0711. The number of aryl methyl sites for hydroxylation is 1. The van der Waals surface area contributed by atoms with Crippen molar-refractivity contribution >= 4 is 23.2 Å². The summed E-state index contributed by atoms with van der Waals surface area (Å²) in [6.07, 6.45) is 1.63. The molecule has 31 heavy (non-hydrogen) atoms. The van der Waals surface area contributed by atoms with Gasteiger partial charge in [-0.15, -0.1) is 11.3 Å². The second-order valence-electron chi connectivity index (χ2n) is 8.08. The third-order valence-electron chi connectivity index (χ3n) is 5.80. The molecule has 3 aromatic rings. The number of pyridine rings is 1. The number of hydrogen-bond acceptors (Lipinski definition) is 4. The topological polar surface area (TPSA) is 53.5 Å². The van der Waals surface area contributed by atoms with Gasteiger partial charge in [0.1, 0.15) is 0 Å². The molecule has 0 spiro atoms. The molecule has 0 aliphatic carbocycles. The van der Waals surface area contributed by atoms with Crippen molar-refractivity contribution in [2.24, 2.45) is 0 Å². The van der Waals surface area contributed by atoms with Gasteiger partial charge in [0.2, 0.25) is 0 Å². The monoisotopic (exact) mass is 433 g/mol. The van der Waals surface area contributed by atoms with Crippen LogP contribution in [0.25, 0.3) is 0 Å². The molecule has 2 amide bonds. The van der Waals surface area contributed by atoms with Crippen LogP contribution in [0, 0.1) is 6.92 Å². The van der Waals surface area contributed by atoms with E-state index in [1.807, 2.05) is 78.8 Å². The first-order valence-electron chi connectivity index (χ1n) is 10.6. The Labute approximate surface area is 187 Å². The Bertz CT molecular complexity index is 1040. The van der Waals surface area contributed by atoms with E-state index in [2.05, 4.69) is 0 Å². The third-order valence-corrected chi connectivity index (χ3v) is 6.66. The maximum atomic E-state index is 13.3. The van der Waals surface area contributed by atoms with E-state index < -0.39 is 0 Å². The molecule has 0 bridgehead atoms. The molecule has 1 aromatic carbocycles. The lowest BCUT2D eigenvalue weighted by atomic mass is 9.89. The molecule has 3 heterocycles. The molecule has 6 heteroatoms. The first-order valence-corrected chi connectivity index (χ1v) is 11.5. The maximum absolute atomic E-state index is 13.3. The number of hydrogen-bond donors (Lipinski definition) is 0. The average molecular weight is 434 g/mol. The summed E-state index contributed by atoms with van der Waals surface area (Å²) in [5, 5.41) is 1.93. The third kappa shape index (κ3) is 4.85. The molecule has 4 rings (SSSR count). The Morgan fingerprint density at radius 3 is 2.48 bits per heavy atom. The summed E-state index contributed by atoms with van der Waals surface area (Å²) in [4.78, 5) is 35.2. The van der Waals surface area contributed by atoms with Crippen LogP contribution in [0.1, 0.15) is 55.7 Å². The largest absolute Gasteiger partial charge is 0.338 e. The van der Waals surface area contributed by atoms with Crippen LogP contribution in [0.2, 0.25) is 0 Å². The van der Waals surface area contributed by atoms with Crippen LogP contribution in [0.3, 0.4) is 0 Å². The highest BCUT2D eigenvalue weighted by Gasteiger charge is 2.29. The van der Waals surface area contributed by atoms with Gasteiger partial charge in [-0.25, -0.2) is 0 Å². The molecule has 1 aliphatic heterocycles. The van der Waals surface area contributed by atoms with Crippen molar-refractivity contribution in [3.8, 4) is 0 Å². The Balaban J connectivity index is 1.48. The summed E-state index contributed by atoms with van der Waals surface area (Å²) in [5.74, 6) is 0.268. The number of thiophene rings is 1. The van der Waals surface area contributed by atoms with Gasteiger partial charge in [0.25, 0.3) is 11.8 Å². The zero-order chi connectivity index (χ0) is 21.8. The quantitative estimate of drug-likeness (QED) is 0.584. The maximum Gasteiger partial charge on any atom is 0.263 e. The van der Waals surface area contributed by atoms with Gasteiger partial charge in [0.15, 0.2) is 0 Å².